The molecular formula is C42H49N3O8. The molecule has 0 radical (unpaired) electrons. The van der Waals surface area contributed by atoms with Crippen molar-refractivity contribution in [2.45, 2.75) is 71.1 Å². The molecule has 2 unspecified atom stereocenters. The largest absolute Gasteiger partial charge is 0.494 e. The van der Waals surface area contributed by atoms with Gasteiger partial charge in [-0.05, 0) is 85.1 Å². The molecule has 0 aliphatic rings. The minimum Gasteiger partial charge on any atom is -0.494 e. The summed E-state index contributed by atoms with van der Waals surface area (Å²) in [4.78, 5) is 50.6. The summed E-state index contributed by atoms with van der Waals surface area (Å²) < 4.78 is 17.0. The number of anilines is 1. The molecule has 0 aliphatic carbocycles. The summed E-state index contributed by atoms with van der Waals surface area (Å²) in [5.74, 6) is -1.90. The number of benzene rings is 4. The van der Waals surface area contributed by atoms with Crippen LogP contribution in [-0.4, -0.2) is 60.7 Å². The van der Waals surface area contributed by atoms with Gasteiger partial charge in [0.05, 0.1) is 25.4 Å². The van der Waals surface area contributed by atoms with E-state index in [2.05, 4.69) is 22.9 Å². The fraction of sp³-hybridized carbons (Fsp3) is 0.333. The molecule has 4 N–H and O–H groups in total. The lowest BCUT2D eigenvalue weighted by atomic mass is 10.0. The molecule has 0 aliphatic heterocycles. The third-order valence-electron chi connectivity index (χ3n) is 8.37. The Hall–Kier alpha value is -5.68. The van der Waals surface area contributed by atoms with Crippen LogP contribution in [0.4, 0.5) is 5.69 Å². The minimum atomic E-state index is -1.21. The Kier molecular flexibility index (Phi) is 16.4. The molecule has 11 heteroatoms. The molecule has 4 aromatic rings. The lowest BCUT2D eigenvalue weighted by Crippen LogP contribution is -2.51. The van der Waals surface area contributed by atoms with E-state index in [4.69, 9.17) is 14.2 Å². The van der Waals surface area contributed by atoms with E-state index in [0.29, 0.717) is 54.6 Å². The number of hydrogen-bond acceptors (Lipinski definition) is 8. The molecule has 0 spiro atoms. The highest BCUT2D eigenvalue weighted by Crippen LogP contribution is 2.19. The number of carboxylic acid groups (broad SMARTS) is 1. The molecule has 2 amide bonds. The van der Waals surface area contributed by atoms with Crippen LogP contribution in [0.5, 0.6) is 11.5 Å². The van der Waals surface area contributed by atoms with Gasteiger partial charge in [-0.25, -0.2) is 4.79 Å². The number of rotatable bonds is 22. The Morgan fingerprint density at radius 3 is 2.04 bits per heavy atom. The molecule has 280 valence electrons. The summed E-state index contributed by atoms with van der Waals surface area (Å²) in [6.07, 6.45) is 5.79. The van der Waals surface area contributed by atoms with Gasteiger partial charge in [0.25, 0.3) is 5.91 Å². The third kappa shape index (κ3) is 14.1. The number of esters is 1. The van der Waals surface area contributed by atoms with Crippen LogP contribution < -0.4 is 25.4 Å². The van der Waals surface area contributed by atoms with Gasteiger partial charge in [-0.2, -0.15) is 0 Å². The highest BCUT2D eigenvalue weighted by atomic mass is 16.5. The first-order valence-electron chi connectivity index (χ1n) is 18.1. The molecule has 53 heavy (non-hydrogen) atoms. The lowest BCUT2D eigenvalue weighted by Gasteiger charge is -2.20. The van der Waals surface area contributed by atoms with Gasteiger partial charge in [0.15, 0.2) is 0 Å². The second-order valence-corrected chi connectivity index (χ2v) is 12.7. The minimum absolute atomic E-state index is 0.0564. The Labute approximate surface area is 311 Å². The van der Waals surface area contributed by atoms with Crippen molar-refractivity contribution in [1.29, 1.82) is 0 Å². The average molecular weight is 724 g/mol. The van der Waals surface area contributed by atoms with Crippen molar-refractivity contribution in [2.75, 3.05) is 25.1 Å². The molecule has 0 fully saturated rings. The zero-order valence-corrected chi connectivity index (χ0v) is 30.3. The van der Waals surface area contributed by atoms with Gasteiger partial charge >= 0.3 is 11.9 Å². The molecule has 0 aromatic heterocycles. The van der Waals surface area contributed by atoms with Crippen LogP contribution in [-0.2, 0) is 27.4 Å². The van der Waals surface area contributed by atoms with Crippen molar-refractivity contribution < 1.29 is 38.5 Å². The monoisotopic (exact) mass is 723 g/mol. The number of nitrogens with one attached hydrogen (secondary N) is 3. The summed E-state index contributed by atoms with van der Waals surface area (Å²) in [6, 6.07) is 27.8. The van der Waals surface area contributed by atoms with Crippen LogP contribution >= 0.6 is 0 Å². The summed E-state index contributed by atoms with van der Waals surface area (Å²) in [7, 11) is 0. The maximum atomic E-state index is 13.2. The van der Waals surface area contributed by atoms with Crippen LogP contribution in [0.3, 0.4) is 0 Å². The Balaban J connectivity index is 1.29. The van der Waals surface area contributed by atoms with Crippen molar-refractivity contribution in [2.24, 2.45) is 0 Å². The van der Waals surface area contributed by atoms with Crippen LogP contribution in [0.25, 0.3) is 0 Å². The first-order chi connectivity index (χ1) is 25.7. The van der Waals surface area contributed by atoms with Crippen LogP contribution in [0.2, 0.25) is 0 Å². The van der Waals surface area contributed by atoms with E-state index in [-0.39, 0.29) is 6.42 Å². The van der Waals surface area contributed by atoms with E-state index in [1.54, 1.807) is 72.8 Å². The van der Waals surface area contributed by atoms with E-state index in [1.807, 2.05) is 30.3 Å². The number of hydrogen-bond donors (Lipinski definition) is 4. The van der Waals surface area contributed by atoms with E-state index in [0.717, 1.165) is 24.1 Å². The predicted molar refractivity (Wildman–Crippen MR) is 203 cm³/mol. The second kappa shape index (κ2) is 21.6. The summed E-state index contributed by atoms with van der Waals surface area (Å²) in [5.41, 5.74) is 3.23. The maximum Gasteiger partial charge on any atom is 0.343 e. The van der Waals surface area contributed by atoms with Crippen molar-refractivity contribution in [1.82, 2.24) is 10.6 Å². The van der Waals surface area contributed by atoms with Gasteiger partial charge < -0.3 is 35.3 Å². The molecule has 2 atom stereocenters. The number of carboxylic acids is 1. The molecular weight excluding hydrogens is 674 g/mol. The molecule has 4 rings (SSSR count). The number of carbonyl (C=O) groups excluding carboxylic acids is 3. The topological polar surface area (TPSA) is 152 Å². The Morgan fingerprint density at radius 2 is 1.36 bits per heavy atom. The van der Waals surface area contributed by atoms with Crippen molar-refractivity contribution in [3.63, 3.8) is 0 Å². The Morgan fingerprint density at radius 1 is 0.698 bits per heavy atom. The van der Waals surface area contributed by atoms with Crippen LogP contribution in [0.15, 0.2) is 103 Å². The van der Waals surface area contributed by atoms with Crippen LogP contribution in [0, 0.1) is 0 Å². The third-order valence-corrected chi connectivity index (χ3v) is 8.37. The van der Waals surface area contributed by atoms with E-state index >= 15 is 0 Å². The first kappa shape index (κ1) is 40.1. The summed E-state index contributed by atoms with van der Waals surface area (Å²) in [6.45, 7) is 5.74. The number of amides is 2. The molecule has 0 saturated carbocycles. The first-order valence-corrected chi connectivity index (χ1v) is 18.1. The van der Waals surface area contributed by atoms with Crippen molar-refractivity contribution >= 4 is 29.4 Å². The Bertz CT molecular complexity index is 1730. The lowest BCUT2D eigenvalue weighted by molar-refractivity contribution is -0.141. The fourth-order valence-electron chi connectivity index (χ4n) is 5.28. The van der Waals surface area contributed by atoms with Gasteiger partial charge in [-0.15, -0.1) is 0 Å². The average Bonchev–Trinajstić information content (AvgIpc) is 3.17. The maximum absolute atomic E-state index is 13.2. The zero-order chi connectivity index (χ0) is 37.8. The van der Waals surface area contributed by atoms with Crippen molar-refractivity contribution in [3.8, 4) is 11.5 Å². The SMILES string of the molecule is CCCCCCCOc1ccc(C(=O)Oc2ccc(CC(NC(=O)c3ccc(NCCOCc4ccccc4)cc3)C(=O)NC(C)C(=O)O)cc2)cc1. The fourth-order valence-corrected chi connectivity index (χ4v) is 5.28. The summed E-state index contributed by atoms with van der Waals surface area (Å²) in [5, 5.41) is 17.8. The summed E-state index contributed by atoms with van der Waals surface area (Å²) >= 11 is 0. The van der Waals surface area contributed by atoms with E-state index < -0.39 is 35.8 Å². The number of carbonyl (C=O) groups is 4. The normalized spacial score (nSPS) is 11.9. The number of aliphatic carboxylic acids is 1. The molecule has 4 aromatic carbocycles. The molecule has 0 heterocycles. The molecule has 0 saturated heterocycles. The highest BCUT2D eigenvalue weighted by molar-refractivity contribution is 5.98. The molecule has 11 nitrogen and oxygen atoms in total. The number of unbranched alkanes of at least 4 members (excludes halogenated alkanes) is 4. The van der Waals surface area contributed by atoms with Gasteiger partial charge in [0, 0.05) is 24.2 Å². The standard InChI is InChI=1S/C42H49N3O8/c1-3-4-5-6-10-26-52-36-23-17-34(18-24-36)42(50)53-37-21-13-31(14-22-37)28-38(40(47)44-30(2)41(48)49)45-39(46)33-15-19-35(20-16-33)43-25-27-51-29-32-11-8-7-9-12-32/h7-9,11-24,30,38,43H,3-6,10,25-29H2,1-2H3,(H,44,47)(H,45,46)(H,48,49). The smallest absolute Gasteiger partial charge is 0.343 e. The van der Waals surface area contributed by atoms with Gasteiger partial charge in [-0.1, -0.05) is 75.1 Å². The predicted octanol–water partition coefficient (Wildman–Crippen LogP) is 6.81. The zero-order valence-electron chi connectivity index (χ0n) is 30.3. The van der Waals surface area contributed by atoms with Crippen LogP contribution in [0.1, 0.15) is 77.8 Å². The van der Waals surface area contributed by atoms with Crippen molar-refractivity contribution in [3.05, 3.63) is 125 Å². The molecule has 0 bridgehead atoms. The highest BCUT2D eigenvalue weighted by Gasteiger charge is 2.25. The van der Waals surface area contributed by atoms with E-state index in [1.165, 1.54) is 26.2 Å². The second-order valence-electron chi connectivity index (χ2n) is 12.7. The quantitative estimate of drug-likeness (QED) is 0.0389. The van der Waals surface area contributed by atoms with E-state index in [9.17, 15) is 24.3 Å². The van der Waals surface area contributed by atoms with Gasteiger partial charge in [-0.3, -0.25) is 14.4 Å². The van der Waals surface area contributed by atoms with Gasteiger partial charge in [0.1, 0.15) is 23.6 Å². The number of ether oxygens (including phenoxy) is 3. The van der Waals surface area contributed by atoms with Gasteiger partial charge in [0.2, 0.25) is 5.91 Å².